The number of aromatic nitrogens is 5. The van der Waals surface area contributed by atoms with Crippen molar-refractivity contribution in [2.75, 3.05) is 0 Å². The molecule has 2 N–H and O–H groups in total. The second-order valence-corrected chi connectivity index (χ2v) is 6.15. The Morgan fingerprint density at radius 2 is 2.00 bits per heavy atom. The van der Waals surface area contributed by atoms with Crippen LogP contribution >= 0.6 is 0 Å². The molecule has 0 spiro atoms. The predicted octanol–water partition coefficient (Wildman–Crippen LogP) is 2.91. The van der Waals surface area contributed by atoms with Crippen LogP contribution in [0.15, 0.2) is 30.3 Å². The fourth-order valence-electron chi connectivity index (χ4n) is 3.12. The van der Waals surface area contributed by atoms with Crippen LogP contribution in [0.2, 0.25) is 0 Å². The highest BCUT2D eigenvalue weighted by atomic mass is 15.2. The Morgan fingerprint density at radius 1 is 1.14 bits per heavy atom. The summed E-state index contributed by atoms with van der Waals surface area (Å²) < 4.78 is 0. The molecular formula is C17H19N5. The van der Waals surface area contributed by atoms with Gasteiger partial charge in [0.2, 0.25) is 5.82 Å². The first-order chi connectivity index (χ1) is 10.8. The van der Waals surface area contributed by atoms with Crippen LogP contribution in [0.5, 0.6) is 0 Å². The van der Waals surface area contributed by atoms with Crippen molar-refractivity contribution in [2.45, 2.75) is 32.6 Å². The quantitative estimate of drug-likeness (QED) is 0.780. The van der Waals surface area contributed by atoms with Crippen molar-refractivity contribution in [3.05, 3.63) is 53.0 Å². The minimum Gasteiger partial charge on any atom is -0.282 e. The lowest BCUT2D eigenvalue weighted by Gasteiger charge is -2.17. The van der Waals surface area contributed by atoms with Gasteiger partial charge in [0.15, 0.2) is 0 Å². The van der Waals surface area contributed by atoms with Crippen molar-refractivity contribution in [1.29, 1.82) is 0 Å². The Bertz CT molecular complexity index is 771. The molecule has 1 aliphatic carbocycles. The van der Waals surface area contributed by atoms with E-state index >= 15 is 0 Å². The molecule has 2 heterocycles. The van der Waals surface area contributed by atoms with E-state index in [9.17, 15) is 0 Å². The summed E-state index contributed by atoms with van der Waals surface area (Å²) in [5.74, 6) is 2.28. The number of H-pyrrole nitrogens is 2. The second-order valence-electron chi connectivity index (χ2n) is 6.15. The summed E-state index contributed by atoms with van der Waals surface area (Å²) in [7, 11) is 0. The van der Waals surface area contributed by atoms with E-state index in [-0.39, 0.29) is 0 Å². The number of aryl methyl sites for hydroxylation is 1. The molecule has 1 unspecified atom stereocenters. The molecule has 1 atom stereocenters. The molecule has 0 bridgehead atoms. The van der Waals surface area contributed by atoms with E-state index in [1.54, 1.807) is 0 Å². The number of nitrogens with zero attached hydrogens (tertiary/aromatic N) is 3. The zero-order valence-electron chi connectivity index (χ0n) is 12.6. The zero-order chi connectivity index (χ0) is 14.9. The minimum absolute atomic E-state index is 0.701. The largest absolute Gasteiger partial charge is 0.282 e. The molecule has 112 valence electrons. The van der Waals surface area contributed by atoms with Gasteiger partial charge in [0, 0.05) is 17.7 Å². The van der Waals surface area contributed by atoms with Crippen LogP contribution in [0, 0.1) is 5.92 Å². The van der Waals surface area contributed by atoms with E-state index in [0.29, 0.717) is 11.7 Å². The number of benzene rings is 1. The monoisotopic (exact) mass is 293 g/mol. The number of hydrogen-bond acceptors (Lipinski definition) is 3. The topological polar surface area (TPSA) is 70.2 Å². The summed E-state index contributed by atoms with van der Waals surface area (Å²) in [5, 5.41) is 15.0. The smallest absolute Gasteiger partial charge is 0.201 e. The summed E-state index contributed by atoms with van der Waals surface area (Å²) in [6, 6.07) is 10.3. The van der Waals surface area contributed by atoms with Crippen LogP contribution in [0.4, 0.5) is 0 Å². The summed E-state index contributed by atoms with van der Waals surface area (Å²) >= 11 is 0. The highest BCUT2D eigenvalue weighted by Gasteiger charge is 2.23. The number of hydrogen-bond donors (Lipinski definition) is 2. The maximum atomic E-state index is 4.63. The molecular weight excluding hydrogens is 274 g/mol. The molecule has 22 heavy (non-hydrogen) atoms. The van der Waals surface area contributed by atoms with Gasteiger partial charge < -0.3 is 0 Å². The predicted molar refractivity (Wildman–Crippen MR) is 84.4 cm³/mol. The maximum absolute atomic E-state index is 4.63. The normalized spacial score (nSPS) is 17.4. The number of rotatable bonds is 3. The molecule has 0 aliphatic heterocycles. The molecule has 0 fully saturated rings. The first-order valence-corrected chi connectivity index (χ1v) is 7.81. The highest BCUT2D eigenvalue weighted by Crippen LogP contribution is 2.30. The maximum Gasteiger partial charge on any atom is 0.201 e. The van der Waals surface area contributed by atoms with E-state index in [0.717, 1.165) is 30.8 Å². The molecule has 5 heteroatoms. The van der Waals surface area contributed by atoms with Crippen LogP contribution in [0.1, 0.15) is 36.0 Å². The van der Waals surface area contributed by atoms with Gasteiger partial charge >= 0.3 is 0 Å². The summed E-state index contributed by atoms with van der Waals surface area (Å²) in [6.45, 7) is 2.29. The average molecular weight is 293 g/mol. The SMILES string of the molecule is CC1CCc2[nH]nc(-c3n[nH]c(Cc4ccccc4)n3)c2C1. The van der Waals surface area contributed by atoms with Crippen LogP contribution in [-0.2, 0) is 19.3 Å². The Morgan fingerprint density at radius 3 is 2.86 bits per heavy atom. The first kappa shape index (κ1) is 13.2. The molecule has 3 aromatic rings. The van der Waals surface area contributed by atoms with Crippen molar-refractivity contribution in [3.63, 3.8) is 0 Å². The van der Waals surface area contributed by atoms with E-state index in [1.807, 2.05) is 18.2 Å². The molecule has 0 saturated carbocycles. The summed E-state index contributed by atoms with van der Waals surface area (Å²) in [5.41, 5.74) is 4.69. The lowest BCUT2D eigenvalue weighted by molar-refractivity contribution is 0.498. The van der Waals surface area contributed by atoms with E-state index in [4.69, 9.17) is 0 Å². The highest BCUT2D eigenvalue weighted by molar-refractivity contribution is 5.56. The molecule has 1 aliphatic rings. The van der Waals surface area contributed by atoms with Crippen LogP contribution in [-0.4, -0.2) is 25.4 Å². The van der Waals surface area contributed by atoms with Gasteiger partial charge in [-0.25, -0.2) is 4.98 Å². The van der Waals surface area contributed by atoms with Crippen LogP contribution < -0.4 is 0 Å². The van der Waals surface area contributed by atoms with Crippen molar-refractivity contribution in [1.82, 2.24) is 25.4 Å². The third-order valence-electron chi connectivity index (χ3n) is 4.35. The lowest BCUT2D eigenvalue weighted by Crippen LogP contribution is -2.10. The van der Waals surface area contributed by atoms with Crippen LogP contribution in [0.3, 0.4) is 0 Å². The number of fused-ring (bicyclic) bond motifs is 1. The Hall–Kier alpha value is -2.43. The third-order valence-corrected chi connectivity index (χ3v) is 4.35. The zero-order valence-corrected chi connectivity index (χ0v) is 12.6. The average Bonchev–Trinajstić information content (AvgIpc) is 3.14. The third kappa shape index (κ3) is 2.43. The standard InChI is InChI=1S/C17H19N5/c1-11-7-8-14-13(9-11)16(21-19-14)17-18-15(20-22-17)10-12-5-3-2-4-6-12/h2-6,11H,7-10H2,1H3,(H,19,21)(H,18,20,22). The van der Waals surface area contributed by atoms with Gasteiger partial charge in [-0.05, 0) is 30.7 Å². The molecule has 0 saturated heterocycles. The summed E-state index contributed by atoms with van der Waals surface area (Å²) in [6.07, 6.45) is 4.12. The number of aromatic amines is 2. The first-order valence-electron chi connectivity index (χ1n) is 7.81. The fourth-order valence-corrected chi connectivity index (χ4v) is 3.12. The molecule has 5 nitrogen and oxygen atoms in total. The van der Waals surface area contributed by atoms with Crippen LogP contribution in [0.25, 0.3) is 11.5 Å². The van der Waals surface area contributed by atoms with Gasteiger partial charge in [0.1, 0.15) is 11.5 Å². The Balaban J connectivity index is 1.61. The molecule has 0 radical (unpaired) electrons. The Kier molecular flexibility index (Phi) is 3.25. The van der Waals surface area contributed by atoms with Gasteiger partial charge in [-0.15, -0.1) is 0 Å². The Labute approximate surface area is 129 Å². The fraction of sp³-hybridized carbons (Fsp3) is 0.353. The van der Waals surface area contributed by atoms with Gasteiger partial charge in [-0.1, -0.05) is 37.3 Å². The van der Waals surface area contributed by atoms with E-state index in [2.05, 4.69) is 44.4 Å². The molecule has 1 aromatic carbocycles. The molecule has 0 amide bonds. The number of nitrogens with one attached hydrogen (secondary N) is 2. The van der Waals surface area contributed by atoms with E-state index in [1.165, 1.54) is 23.2 Å². The van der Waals surface area contributed by atoms with Crippen molar-refractivity contribution in [3.8, 4) is 11.5 Å². The van der Waals surface area contributed by atoms with Crippen molar-refractivity contribution >= 4 is 0 Å². The minimum atomic E-state index is 0.701. The van der Waals surface area contributed by atoms with Gasteiger partial charge in [-0.2, -0.15) is 10.2 Å². The van der Waals surface area contributed by atoms with Gasteiger partial charge in [0.25, 0.3) is 0 Å². The molecule has 2 aromatic heterocycles. The summed E-state index contributed by atoms with van der Waals surface area (Å²) in [4.78, 5) is 4.63. The second kappa shape index (κ2) is 5.40. The van der Waals surface area contributed by atoms with Crippen molar-refractivity contribution in [2.24, 2.45) is 5.92 Å². The van der Waals surface area contributed by atoms with Gasteiger partial charge in [0.05, 0.1) is 0 Å². The van der Waals surface area contributed by atoms with Gasteiger partial charge in [-0.3, -0.25) is 10.2 Å². The molecule has 4 rings (SSSR count). The van der Waals surface area contributed by atoms with E-state index < -0.39 is 0 Å². The van der Waals surface area contributed by atoms with Crippen molar-refractivity contribution < 1.29 is 0 Å². The lowest BCUT2D eigenvalue weighted by atomic mass is 9.88.